The molecule has 0 saturated heterocycles. The SMILES string of the molecule is Cc1ccc(N)cc1S(=O)(=O)CCCOCC(F)(F)F. The second-order valence-electron chi connectivity index (χ2n) is 4.37. The van der Waals surface area contributed by atoms with Gasteiger partial charge in [0, 0.05) is 12.3 Å². The highest BCUT2D eigenvalue weighted by Gasteiger charge is 2.27. The van der Waals surface area contributed by atoms with E-state index in [0.29, 0.717) is 11.3 Å². The highest BCUT2D eigenvalue weighted by molar-refractivity contribution is 7.91. The van der Waals surface area contributed by atoms with Gasteiger partial charge in [-0.25, -0.2) is 8.42 Å². The highest BCUT2D eigenvalue weighted by Crippen LogP contribution is 2.20. The Hall–Kier alpha value is -1.28. The lowest BCUT2D eigenvalue weighted by Crippen LogP contribution is -2.18. The van der Waals surface area contributed by atoms with Crippen molar-refractivity contribution in [3.63, 3.8) is 0 Å². The van der Waals surface area contributed by atoms with Crippen molar-refractivity contribution >= 4 is 15.5 Å². The summed E-state index contributed by atoms with van der Waals surface area (Å²) in [5.74, 6) is -0.283. The number of sulfone groups is 1. The van der Waals surface area contributed by atoms with Crippen molar-refractivity contribution in [2.24, 2.45) is 0 Å². The summed E-state index contributed by atoms with van der Waals surface area (Å²) in [6, 6.07) is 4.52. The largest absolute Gasteiger partial charge is 0.411 e. The van der Waals surface area contributed by atoms with Crippen LogP contribution in [-0.2, 0) is 14.6 Å². The van der Waals surface area contributed by atoms with Crippen LogP contribution in [0.2, 0.25) is 0 Å². The lowest BCUT2D eigenvalue weighted by molar-refractivity contribution is -0.173. The summed E-state index contributed by atoms with van der Waals surface area (Å²) >= 11 is 0. The fourth-order valence-corrected chi connectivity index (χ4v) is 3.19. The molecule has 0 radical (unpaired) electrons. The van der Waals surface area contributed by atoms with Crippen LogP contribution >= 0.6 is 0 Å². The molecule has 1 aromatic rings. The molecule has 1 aromatic carbocycles. The number of alkyl halides is 3. The van der Waals surface area contributed by atoms with Crippen molar-refractivity contribution < 1.29 is 26.3 Å². The standard InChI is InChI=1S/C12H16F3NO3S/c1-9-3-4-10(16)7-11(9)20(17,18)6-2-5-19-8-12(13,14)15/h3-4,7H,2,5-6,8,16H2,1H3. The molecule has 0 aliphatic rings. The third-order valence-corrected chi connectivity index (χ3v) is 4.45. The van der Waals surface area contributed by atoms with Crippen LogP contribution in [-0.4, -0.2) is 33.6 Å². The first-order valence-electron chi connectivity index (χ1n) is 5.85. The maximum Gasteiger partial charge on any atom is 0.411 e. The number of rotatable bonds is 6. The minimum atomic E-state index is -4.40. The summed E-state index contributed by atoms with van der Waals surface area (Å²) < 4.78 is 63.9. The number of hydrogen-bond donors (Lipinski definition) is 1. The van der Waals surface area contributed by atoms with Crippen molar-refractivity contribution in [1.82, 2.24) is 0 Å². The average molecular weight is 311 g/mol. The van der Waals surface area contributed by atoms with Gasteiger partial charge in [0.05, 0.1) is 10.6 Å². The van der Waals surface area contributed by atoms with Crippen molar-refractivity contribution in [3.05, 3.63) is 23.8 Å². The zero-order valence-electron chi connectivity index (χ0n) is 10.9. The second kappa shape index (κ2) is 6.45. The highest BCUT2D eigenvalue weighted by atomic mass is 32.2. The minimum absolute atomic E-state index is 0.00729. The van der Waals surface area contributed by atoms with Crippen molar-refractivity contribution in [2.75, 3.05) is 24.7 Å². The van der Waals surface area contributed by atoms with E-state index in [0.717, 1.165) is 0 Å². The summed E-state index contributed by atoms with van der Waals surface area (Å²) in [5.41, 5.74) is 6.41. The number of ether oxygens (including phenoxy) is 1. The Labute approximate surface area is 115 Å². The zero-order chi connectivity index (χ0) is 15.4. The lowest BCUT2D eigenvalue weighted by atomic mass is 10.2. The molecular weight excluding hydrogens is 295 g/mol. The van der Waals surface area contributed by atoms with Crippen LogP contribution in [0.15, 0.2) is 23.1 Å². The molecule has 0 spiro atoms. The number of anilines is 1. The van der Waals surface area contributed by atoms with Gasteiger partial charge in [-0.05, 0) is 31.0 Å². The van der Waals surface area contributed by atoms with Crippen molar-refractivity contribution in [2.45, 2.75) is 24.4 Å². The Morgan fingerprint density at radius 3 is 2.55 bits per heavy atom. The molecule has 0 aliphatic carbocycles. The first-order chi connectivity index (χ1) is 9.12. The van der Waals surface area contributed by atoms with Gasteiger partial charge in [0.25, 0.3) is 0 Å². The van der Waals surface area contributed by atoms with Crippen LogP contribution in [0, 0.1) is 6.92 Å². The molecule has 0 fully saturated rings. The maximum atomic E-state index is 12.0. The third-order valence-electron chi connectivity index (χ3n) is 2.51. The minimum Gasteiger partial charge on any atom is -0.399 e. The van der Waals surface area contributed by atoms with E-state index in [1.165, 1.54) is 6.07 Å². The number of aryl methyl sites for hydroxylation is 1. The molecule has 0 heterocycles. The first kappa shape index (κ1) is 16.8. The topological polar surface area (TPSA) is 69.4 Å². The van der Waals surface area contributed by atoms with Gasteiger partial charge >= 0.3 is 6.18 Å². The number of benzene rings is 1. The molecular formula is C12H16F3NO3S. The normalized spacial score (nSPS) is 12.6. The Bertz CT molecular complexity index is 556. The van der Waals surface area contributed by atoms with E-state index in [1.807, 2.05) is 0 Å². The smallest absolute Gasteiger partial charge is 0.399 e. The molecule has 0 unspecified atom stereocenters. The predicted molar refractivity (Wildman–Crippen MR) is 69.1 cm³/mol. The molecule has 0 aliphatic heterocycles. The Kier molecular flexibility index (Phi) is 5.41. The monoisotopic (exact) mass is 311 g/mol. The van der Waals surface area contributed by atoms with E-state index in [9.17, 15) is 21.6 Å². The fraction of sp³-hybridized carbons (Fsp3) is 0.500. The third kappa shape index (κ3) is 5.38. The van der Waals surface area contributed by atoms with Crippen LogP contribution < -0.4 is 5.73 Å². The molecule has 0 saturated carbocycles. The fourth-order valence-electron chi connectivity index (χ4n) is 1.60. The molecule has 2 N–H and O–H groups in total. The van der Waals surface area contributed by atoms with Crippen LogP contribution in [0.3, 0.4) is 0 Å². The molecule has 4 nitrogen and oxygen atoms in total. The summed E-state index contributed by atoms with van der Waals surface area (Å²) in [7, 11) is -3.57. The van der Waals surface area contributed by atoms with Gasteiger partial charge in [0.15, 0.2) is 9.84 Å². The molecule has 0 bridgehead atoms. The van der Waals surface area contributed by atoms with Gasteiger partial charge in [0.2, 0.25) is 0 Å². The predicted octanol–water partition coefficient (Wildman–Crippen LogP) is 2.32. The molecule has 20 heavy (non-hydrogen) atoms. The quantitative estimate of drug-likeness (QED) is 0.646. The molecule has 0 aromatic heterocycles. The molecule has 8 heteroatoms. The summed E-state index contributed by atoms with van der Waals surface area (Å²) in [6.45, 7) is -0.00304. The molecule has 0 amide bonds. The van der Waals surface area contributed by atoms with Crippen molar-refractivity contribution in [1.29, 1.82) is 0 Å². The van der Waals surface area contributed by atoms with Gasteiger partial charge in [-0.15, -0.1) is 0 Å². The summed E-state index contributed by atoms with van der Waals surface area (Å²) in [5, 5.41) is 0. The Balaban J connectivity index is 2.56. The van der Waals surface area contributed by atoms with Crippen LogP contribution in [0.4, 0.5) is 18.9 Å². The zero-order valence-corrected chi connectivity index (χ0v) is 11.7. The van der Waals surface area contributed by atoms with Crippen LogP contribution in [0.5, 0.6) is 0 Å². The first-order valence-corrected chi connectivity index (χ1v) is 7.50. The average Bonchev–Trinajstić information content (AvgIpc) is 2.30. The maximum absolute atomic E-state index is 12.0. The van der Waals surface area contributed by atoms with Crippen LogP contribution in [0.1, 0.15) is 12.0 Å². The number of halogens is 3. The molecule has 114 valence electrons. The summed E-state index contributed by atoms with van der Waals surface area (Å²) in [4.78, 5) is 0.105. The Morgan fingerprint density at radius 2 is 1.95 bits per heavy atom. The Morgan fingerprint density at radius 1 is 1.30 bits per heavy atom. The van der Waals surface area contributed by atoms with E-state index >= 15 is 0 Å². The lowest BCUT2D eigenvalue weighted by Gasteiger charge is -2.10. The van der Waals surface area contributed by atoms with E-state index < -0.39 is 22.6 Å². The van der Waals surface area contributed by atoms with E-state index in [-0.39, 0.29) is 23.7 Å². The van der Waals surface area contributed by atoms with Gasteiger partial charge in [-0.3, -0.25) is 0 Å². The van der Waals surface area contributed by atoms with Gasteiger partial charge in [0.1, 0.15) is 6.61 Å². The van der Waals surface area contributed by atoms with E-state index in [4.69, 9.17) is 5.73 Å². The summed E-state index contributed by atoms with van der Waals surface area (Å²) in [6.07, 6.45) is -4.41. The second-order valence-corrected chi connectivity index (χ2v) is 6.44. The van der Waals surface area contributed by atoms with Gasteiger partial charge < -0.3 is 10.5 Å². The number of hydrogen-bond acceptors (Lipinski definition) is 4. The number of nitrogens with two attached hydrogens (primary N) is 1. The van der Waals surface area contributed by atoms with Crippen LogP contribution in [0.25, 0.3) is 0 Å². The van der Waals surface area contributed by atoms with Gasteiger partial charge in [-0.2, -0.15) is 13.2 Å². The van der Waals surface area contributed by atoms with E-state index in [1.54, 1.807) is 19.1 Å². The molecule has 0 atom stereocenters. The number of nitrogen functional groups attached to an aromatic ring is 1. The van der Waals surface area contributed by atoms with E-state index in [2.05, 4.69) is 4.74 Å². The van der Waals surface area contributed by atoms with Crippen molar-refractivity contribution in [3.8, 4) is 0 Å². The van der Waals surface area contributed by atoms with Gasteiger partial charge in [-0.1, -0.05) is 6.07 Å². The molecule has 1 rings (SSSR count).